The van der Waals surface area contributed by atoms with E-state index in [1.54, 1.807) is 18.2 Å². The first-order chi connectivity index (χ1) is 14.6. The maximum atomic E-state index is 13.2. The molecule has 170 valence electrons. The number of nitrogens with zero attached hydrogens (tertiary/aromatic N) is 2. The highest BCUT2D eigenvalue weighted by atomic mass is 32.2. The average molecular weight is 490 g/mol. The van der Waals surface area contributed by atoms with Crippen LogP contribution in [0.5, 0.6) is 5.75 Å². The van der Waals surface area contributed by atoms with Crippen molar-refractivity contribution in [3.8, 4) is 16.2 Å². The zero-order chi connectivity index (χ0) is 22.8. The van der Waals surface area contributed by atoms with Crippen LogP contribution in [0.15, 0.2) is 40.6 Å². The second-order valence-electron chi connectivity index (χ2n) is 6.80. The Morgan fingerprint density at radius 1 is 1.16 bits per heavy atom. The van der Waals surface area contributed by atoms with Crippen LogP contribution in [-0.2, 0) is 24.8 Å². The van der Waals surface area contributed by atoms with Crippen LogP contribution in [0.25, 0.3) is 10.4 Å². The number of nitrogens with one attached hydrogen (secondary N) is 1. The molecular weight excluding hydrogens is 466 g/mol. The van der Waals surface area contributed by atoms with Gasteiger partial charge < -0.3 is 4.74 Å². The highest BCUT2D eigenvalue weighted by Crippen LogP contribution is 2.34. The molecule has 1 aliphatic rings. The molecule has 1 fully saturated rings. The summed E-state index contributed by atoms with van der Waals surface area (Å²) in [6.45, 7) is 1.72. The van der Waals surface area contributed by atoms with E-state index in [-0.39, 0.29) is 23.8 Å². The number of sulfonamides is 2. The lowest BCUT2D eigenvalue weighted by Crippen LogP contribution is -2.60. The molecule has 0 aliphatic carbocycles. The molecule has 1 saturated heterocycles. The molecule has 13 heteroatoms. The number of piperazine rings is 1. The standard InChI is InChI=1S/C18H23N3O7S3/c1-3-28-14-6-4-13(5-7-14)16-8-9-17(29-16)31(26,27)21-11-10-20(30(2,24)25)12-15(21)18(22)19-23/h4-9,15,23H,3,10-12H2,1-2H3,(H,19,22)/t15-/m1/s1. The molecule has 2 N–H and O–H groups in total. The van der Waals surface area contributed by atoms with Gasteiger partial charge in [-0.15, -0.1) is 11.3 Å². The van der Waals surface area contributed by atoms with Gasteiger partial charge in [0.25, 0.3) is 15.9 Å². The number of rotatable bonds is 7. The number of carbonyl (C=O) groups excluding carboxylic acids is 1. The van der Waals surface area contributed by atoms with Crippen LogP contribution in [0.1, 0.15) is 6.92 Å². The molecular formula is C18H23N3O7S3. The van der Waals surface area contributed by atoms with Gasteiger partial charge >= 0.3 is 0 Å². The van der Waals surface area contributed by atoms with Crippen LogP contribution in [-0.4, -0.2) is 75.1 Å². The maximum absolute atomic E-state index is 13.2. The Labute approximate surface area is 185 Å². The maximum Gasteiger partial charge on any atom is 0.263 e. The summed E-state index contributed by atoms with van der Waals surface area (Å²) in [5, 5.41) is 9.05. The van der Waals surface area contributed by atoms with Crippen LogP contribution < -0.4 is 10.2 Å². The lowest BCUT2D eigenvalue weighted by atomic mass is 10.2. The molecule has 0 bridgehead atoms. The highest BCUT2D eigenvalue weighted by Gasteiger charge is 2.42. The lowest BCUT2D eigenvalue weighted by Gasteiger charge is -2.37. The Hall–Kier alpha value is -2.03. The summed E-state index contributed by atoms with van der Waals surface area (Å²) in [5.41, 5.74) is 2.24. The number of hydroxylamine groups is 1. The van der Waals surface area contributed by atoms with Crippen molar-refractivity contribution in [2.45, 2.75) is 17.2 Å². The largest absolute Gasteiger partial charge is 0.494 e. The van der Waals surface area contributed by atoms with Crippen molar-refractivity contribution < 1.29 is 31.6 Å². The van der Waals surface area contributed by atoms with E-state index >= 15 is 0 Å². The van der Waals surface area contributed by atoms with Crippen molar-refractivity contribution in [2.75, 3.05) is 32.5 Å². The first-order valence-corrected chi connectivity index (χ1v) is 13.4. The zero-order valence-corrected chi connectivity index (χ0v) is 19.3. The van der Waals surface area contributed by atoms with E-state index in [2.05, 4.69) is 0 Å². The first kappa shape index (κ1) is 23.6. The second kappa shape index (κ2) is 9.22. The van der Waals surface area contributed by atoms with E-state index in [4.69, 9.17) is 9.94 Å². The predicted octanol–water partition coefficient (Wildman–Crippen LogP) is 0.954. The number of benzene rings is 1. The number of hydrogen-bond acceptors (Lipinski definition) is 8. The smallest absolute Gasteiger partial charge is 0.263 e. The minimum Gasteiger partial charge on any atom is -0.494 e. The molecule has 1 atom stereocenters. The van der Waals surface area contributed by atoms with Gasteiger partial charge in [0, 0.05) is 24.5 Å². The number of carbonyl (C=O) groups is 1. The van der Waals surface area contributed by atoms with Gasteiger partial charge in [-0.1, -0.05) is 0 Å². The molecule has 10 nitrogen and oxygen atoms in total. The Bertz CT molecular complexity index is 1140. The molecule has 1 aromatic heterocycles. The van der Waals surface area contributed by atoms with Gasteiger partial charge in [0.05, 0.1) is 12.9 Å². The van der Waals surface area contributed by atoms with Crippen LogP contribution in [0.2, 0.25) is 0 Å². The fraction of sp³-hybridized carbons (Fsp3) is 0.389. The molecule has 0 saturated carbocycles. The molecule has 0 unspecified atom stereocenters. The van der Waals surface area contributed by atoms with Crippen LogP contribution >= 0.6 is 11.3 Å². The van der Waals surface area contributed by atoms with Crippen LogP contribution in [0.3, 0.4) is 0 Å². The van der Waals surface area contributed by atoms with Crippen LogP contribution in [0, 0.1) is 0 Å². The van der Waals surface area contributed by atoms with Crippen molar-refractivity contribution in [2.24, 2.45) is 0 Å². The van der Waals surface area contributed by atoms with E-state index in [9.17, 15) is 21.6 Å². The Balaban J connectivity index is 1.89. The van der Waals surface area contributed by atoms with Gasteiger partial charge in [-0.3, -0.25) is 10.0 Å². The van der Waals surface area contributed by atoms with E-state index in [1.165, 1.54) is 11.5 Å². The van der Waals surface area contributed by atoms with E-state index in [0.29, 0.717) is 17.2 Å². The SMILES string of the molecule is CCOc1ccc(-c2ccc(S(=O)(=O)N3CCN(S(C)(=O)=O)C[C@@H]3C(=O)NO)s2)cc1. The van der Waals surface area contributed by atoms with Gasteiger partial charge in [-0.05, 0) is 48.9 Å². The van der Waals surface area contributed by atoms with E-state index in [0.717, 1.165) is 31.8 Å². The molecule has 2 aromatic rings. The summed E-state index contributed by atoms with van der Waals surface area (Å²) in [6, 6.07) is 8.94. The molecule has 3 rings (SSSR count). The minimum atomic E-state index is -4.11. The van der Waals surface area contributed by atoms with Gasteiger partial charge in [0.15, 0.2) is 0 Å². The summed E-state index contributed by atoms with van der Waals surface area (Å²) >= 11 is 1.04. The summed E-state index contributed by atoms with van der Waals surface area (Å²) in [4.78, 5) is 12.9. The van der Waals surface area contributed by atoms with Crippen molar-refractivity contribution in [1.29, 1.82) is 0 Å². The van der Waals surface area contributed by atoms with Gasteiger partial charge in [-0.2, -0.15) is 8.61 Å². The molecule has 1 aliphatic heterocycles. The molecule has 0 radical (unpaired) electrons. The quantitative estimate of drug-likeness (QED) is 0.437. The monoisotopic (exact) mass is 489 g/mol. The van der Waals surface area contributed by atoms with E-state index < -0.39 is 32.0 Å². The van der Waals surface area contributed by atoms with Gasteiger partial charge in [-0.25, -0.2) is 22.3 Å². The Morgan fingerprint density at radius 2 is 1.84 bits per heavy atom. The Morgan fingerprint density at radius 3 is 2.42 bits per heavy atom. The molecule has 31 heavy (non-hydrogen) atoms. The van der Waals surface area contributed by atoms with Crippen molar-refractivity contribution in [1.82, 2.24) is 14.1 Å². The molecule has 1 aromatic carbocycles. The van der Waals surface area contributed by atoms with Crippen LogP contribution in [0.4, 0.5) is 0 Å². The third-order valence-corrected chi connectivity index (χ3v) is 9.55. The average Bonchev–Trinajstić information content (AvgIpc) is 3.24. The third kappa shape index (κ3) is 5.07. The normalized spacial score (nSPS) is 18.6. The summed E-state index contributed by atoms with van der Waals surface area (Å²) in [5.74, 6) is -0.294. The zero-order valence-electron chi connectivity index (χ0n) is 16.9. The fourth-order valence-corrected chi connectivity index (χ4v) is 7.07. The first-order valence-electron chi connectivity index (χ1n) is 9.32. The fourth-order valence-electron chi connectivity index (χ4n) is 3.23. The Kier molecular flexibility index (Phi) is 7.03. The van der Waals surface area contributed by atoms with E-state index in [1.807, 2.05) is 19.1 Å². The van der Waals surface area contributed by atoms with Crippen molar-refractivity contribution in [3.05, 3.63) is 36.4 Å². The molecule has 2 heterocycles. The number of amides is 1. The highest BCUT2D eigenvalue weighted by molar-refractivity contribution is 7.91. The third-order valence-electron chi connectivity index (χ3n) is 4.77. The number of thiophene rings is 1. The molecule has 1 amide bonds. The lowest BCUT2D eigenvalue weighted by molar-refractivity contribution is -0.134. The summed E-state index contributed by atoms with van der Waals surface area (Å²) in [6.07, 6.45) is 0.980. The summed E-state index contributed by atoms with van der Waals surface area (Å²) in [7, 11) is -7.74. The second-order valence-corrected chi connectivity index (χ2v) is 12.0. The van der Waals surface area contributed by atoms with Gasteiger partial charge in [0.1, 0.15) is 16.0 Å². The molecule has 0 spiro atoms. The number of ether oxygens (including phenoxy) is 1. The van der Waals surface area contributed by atoms with Crippen molar-refractivity contribution in [3.63, 3.8) is 0 Å². The van der Waals surface area contributed by atoms with Gasteiger partial charge in [0.2, 0.25) is 10.0 Å². The summed E-state index contributed by atoms with van der Waals surface area (Å²) < 4.78 is 57.6. The predicted molar refractivity (Wildman–Crippen MR) is 115 cm³/mol. The van der Waals surface area contributed by atoms with Crippen molar-refractivity contribution >= 4 is 37.3 Å². The number of hydrogen-bond donors (Lipinski definition) is 2. The topological polar surface area (TPSA) is 133 Å². The minimum absolute atomic E-state index is 0.0138.